The standard InChI is InChI=1S/C27H37F4N5O2/c1-7-32-26(33-12-17(2)38-13-19-24(30)20(28)11-21(29)25(19)31)34-18-8-9-22(23(10-18)37-6)36-15-27(3,16-36)14-35(4)5/h8-12,17,19,24H,7,13-16H2,1-6H3,(H,32,34)/b33-12-. The van der Waals surface area contributed by atoms with Crippen molar-refractivity contribution in [3.8, 4) is 5.75 Å². The van der Waals surface area contributed by atoms with Crippen LogP contribution in [0, 0.1) is 11.3 Å². The smallest absolute Gasteiger partial charge is 0.222 e. The molecular formula is C27H37F4N5O2. The molecule has 210 valence electrons. The summed E-state index contributed by atoms with van der Waals surface area (Å²) in [5.74, 6) is -4.82. The summed E-state index contributed by atoms with van der Waals surface area (Å²) in [7, 11) is 5.78. The lowest BCUT2D eigenvalue weighted by Gasteiger charge is -2.50. The Kier molecular flexibility index (Phi) is 9.94. The van der Waals surface area contributed by atoms with E-state index in [4.69, 9.17) is 9.47 Å². The van der Waals surface area contributed by atoms with Gasteiger partial charge < -0.3 is 24.6 Å². The molecule has 1 N–H and O–H groups in total. The maximum atomic E-state index is 14.0. The van der Waals surface area contributed by atoms with Gasteiger partial charge in [-0.2, -0.15) is 0 Å². The number of methoxy groups -OCH3 is 1. The maximum absolute atomic E-state index is 14.0. The van der Waals surface area contributed by atoms with Crippen molar-refractivity contribution in [2.24, 2.45) is 21.3 Å². The van der Waals surface area contributed by atoms with Crippen molar-refractivity contribution < 1.29 is 27.0 Å². The first-order valence-electron chi connectivity index (χ1n) is 12.6. The van der Waals surface area contributed by atoms with Gasteiger partial charge in [0.15, 0.2) is 12.0 Å². The van der Waals surface area contributed by atoms with Crippen LogP contribution in [0.1, 0.15) is 20.8 Å². The van der Waals surface area contributed by atoms with Crippen LogP contribution >= 0.6 is 0 Å². The SMILES string of the molecule is CC/N=C(\N=C/C(C)OCC1C(F)=C(F)C=C(F)C1F)Nc1ccc(N2CC(C)(CN(C)C)C2)c(OC)c1. The van der Waals surface area contributed by atoms with E-state index in [1.54, 1.807) is 14.0 Å². The zero-order valence-electron chi connectivity index (χ0n) is 22.8. The third-order valence-corrected chi connectivity index (χ3v) is 6.31. The highest BCUT2D eigenvalue weighted by Gasteiger charge is 2.40. The number of hydrogen-bond acceptors (Lipinski definition) is 5. The molecule has 0 saturated carbocycles. The van der Waals surface area contributed by atoms with Gasteiger partial charge in [0.1, 0.15) is 17.4 Å². The predicted octanol–water partition coefficient (Wildman–Crippen LogP) is 5.32. The molecule has 0 aromatic heterocycles. The van der Waals surface area contributed by atoms with Gasteiger partial charge in [0.2, 0.25) is 5.96 Å². The average molecular weight is 540 g/mol. The molecule has 1 fully saturated rings. The van der Waals surface area contributed by atoms with Crippen molar-refractivity contribution in [3.63, 3.8) is 0 Å². The van der Waals surface area contributed by atoms with Crippen molar-refractivity contribution in [1.82, 2.24) is 4.90 Å². The van der Waals surface area contributed by atoms with Crippen LogP contribution in [0.5, 0.6) is 5.75 Å². The quantitative estimate of drug-likeness (QED) is 0.248. The second kappa shape index (κ2) is 12.8. The van der Waals surface area contributed by atoms with Crippen molar-refractivity contribution in [3.05, 3.63) is 41.8 Å². The third-order valence-electron chi connectivity index (χ3n) is 6.31. The molecule has 1 saturated heterocycles. The van der Waals surface area contributed by atoms with Gasteiger partial charge in [-0.3, -0.25) is 4.99 Å². The molecule has 38 heavy (non-hydrogen) atoms. The zero-order valence-corrected chi connectivity index (χ0v) is 22.8. The molecule has 0 radical (unpaired) electrons. The molecule has 1 aromatic rings. The third kappa shape index (κ3) is 7.35. The molecule has 2 aliphatic rings. The van der Waals surface area contributed by atoms with Gasteiger partial charge >= 0.3 is 0 Å². The Labute approximate surface area is 221 Å². The minimum Gasteiger partial charge on any atom is -0.495 e. The van der Waals surface area contributed by atoms with Crippen LogP contribution in [-0.2, 0) is 4.74 Å². The Bertz CT molecular complexity index is 1100. The Morgan fingerprint density at radius 2 is 2.00 bits per heavy atom. The van der Waals surface area contributed by atoms with E-state index in [1.165, 1.54) is 6.21 Å². The van der Waals surface area contributed by atoms with Crippen molar-refractivity contribution in [2.75, 3.05) is 64.2 Å². The van der Waals surface area contributed by atoms with E-state index in [2.05, 4.69) is 46.1 Å². The van der Waals surface area contributed by atoms with Crippen molar-refractivity contribution in [1.29, 1.82) is 0 Å². The van der Waals surface area contributed by atoms with E-state index in [0.717, 1.165) is 31.1 Å². The topological polar surface area (TPSA) is 61.7 Å². The van der Waals surface area contributed by atoms with Gasteiger partial charge in [0.05, 0.1) is 31.4 Å². The molecule has 7 nitrogen and oxygen atoms in total. The summed E-state index contributed by atoms with van der Waals surface area (Å²) in [6.07, 6.45) is -1.38. The highest BCUT2D eigenvalue weighted by atomic mass is 19.2. The van der Waals surface area contributed by atoms with Crippen LogP contribution in [0.25, 0.3) is 0 Å². The van der Waals surface area contributed by atoms with E-state index in [1.807, 2.05) is 25.1 Å². The molecule has 1 aliphatic carbocycles. The summed E-state index contributed by atoms with van der Waals surface area (Å²) in [5.41, 5.74) is 1.95. The molecular weight excluding hydrogens is 502 g/mol. The Morgan fingerprint density at radius 3 is 2.63 bits per heavy atom. The molecule has 0 amide bonds. The second-order valence-corrected chi connectivity index (χ2v) is 10.3. The monoisotopic (exact) mass is 539 g/mol. The Balaban J connectivity index is 1.61. The van der Waals surface area contributed by atoms with Gasteiger partial charge in [0, 0.05) is 55.6 Å². The molecule has 0 spiro atoms. The van der Waals surface area contributed by atoms with Gasteiger partial charge in [0.25, 0.3) is 0 Å². The van der Waals surface area contributed by atoms with Crippen LogP contribution in [0.3, 0.4) is 0 Å². The highest BCUT2D eigenvalue weighted by Crippen LogP contribution is 2.40. The number of hydrogen-bond donors (Lipinski definition) is 1. The van der Waals surface area contributed by atoms with Gasteiger partial charge in [-0.05, 0) is 40.1 Å². The van der Waals surface area contributed by atoms with E-state index in [0.29, 0.717) is 18.2 Å². The van der Waals surface area contributed by atoms with E-state index in [9.17, 15) is 17.6 Å². The molecule has 3 atom stereocenters. The number of halogens is 4. The van der Waals surface area contributed by atoms with Gasteiger partial charge in [-0.1, -0.05) is 6.92 Å². The number of alkyl halides is 1. The number of aliphatic imine (C=N–C) groups is 2. The lowest BCUT2D eigenvalue weighted by atomic mass is 9.81. The predicted molar refractivity (Wildman–Crippen MR) is 144 cm³/mol. The molecule has 1 aromatic carbocycles. The number of rotatable bonds is 10. The van der Waals surface area contributed by atoms with Crippen molar-refractivity contribution >= 4 is 23.5 Å². The fourth-order valence-corrected chi connectivity index (χ4v) is 4.72. The number of guanidine groups is 1. The Hall–Kier alpha value is -2.92. The van der Waals surface area contributed by atoms with E-state index < -0.39 is 42.3 Å². The lowest BCUT2D eigenvalue weighted by Crippen LogP contribution is -2.58. The molecule has 0 bridgehead atoms. The van der Waals surface area contributed by atoms with Crippen LogP contribution in [0.4, 0.5) is 28.9 Å². The lowest BCUT2D eigenvalue weighted by molar-refractivity contribution is 0.0546. The first-order valence-corrected chi connectivity index (χ1v) is 12.6. The highest BCUT2D eigenvalue weighted by molar-refractivity contribution is 5.99. The molecule has 1 heterocycles. The number of benzene rings is 1. The second-order valence-electron chi connectivity index (χ2n) is 10.3. The van der Waals surface area contributed by atoms with E-state index in [-0.39, 0.29) is 11.5 Å². The fraction of sp³-hybridized carbons (Fsp3) is 0.556. The minimum atomic E-state index is -2.30. The maximum Gasteiger partial charge on any atom is 0.222 e. The average Bonchev–Trinajstić information content (AvgIpc) is 2.84. The summed E-state index contributed by atoms with van der Waals surface area (Å²) < 4.78 is 65.9. The summed E-state index contributed by atoms with van der Waals surface area (Å²) in [6.45, 7) is 8.49. The van der Waals surface area contributed by atoms with E-state index >= 15 is 0 Å². The first kappa shape index (κ1) is 29.6. The summed E-state index contributed by atoms with van der Waals surface area (Å²) in [5, 5.41) is 3.14. The minimum absolute atomic E-state index is 0.216. The summed E-state index contributed by atoms with van der Waals surface area (Å²) >= 11 is 0. The fourth-order valence-electron chi connectivity index (χ4n) is 4.72. The van der Waals surface area contributed by atoms with Crippen LogP contribution in [0.15, 0.2) is 51.7 Å². The first-order chi connectivity index (χ1) is 18.0. The molecule has 1 aliphatic heterocycles. The molecule has 3 unspecified atom stereocenters. The number of anilines is 2. The summed E-state index contributed by atoms with van der Waals surface area (Å²) in [6, 6.07) is 5.77. The molecule has 11 heteroatoms. The van der Waals surface area contributed by atoms with Gasteiger partial charge in [-0.15, -0.1) is 0 Å². The number of allylic oxidation sites excluding steroid dienone is 3. The number of nitrogens with one attached hydrogen (secondary N) is 1. The zero-order chi connectivity index (χ0) is 28.0. The number of nitrogens with zero attached hydrogens (tertiary/aromatic N) is 4. The van der Waals surface area contributed by atoms with Gasteiger partial charge in [-0.25, -0.2) is 22.6 Å². The van der Waals surface area contributed by atoms with Crippen LogP contribution in [0.2, 0.25) is 0 Å². The Morgan fingerprint density at radius 1 is 1.29 bits per heavy atom. The van der Waals surface area contributed by atoms with Crippen molar-refractivity contribution in [2.45, 2.75) is 33.0 Å². The summed E-state index contributed by atoms with van der Waals surface area (Å²) in [4.78, 5) is 13.1. The largest absolute Gasteiger partial charge is 0.495 e. The van der Waals surface area contributed by atoms with Crippen LogP contribution < -0.4 is 15.0 Å². The molecule has 3 rings (SSSR count). The van der Waals surface area contributed by atoms with Crippen LogP contribution in [-0.4, -0.2) is 83.3 Å². The normalized spacial score (nSPS) is 22.6. The number of ether oxygens (including phenoxy) is 2.